The van der Waals surface area contributed by atoms with Gasteiger partial charge in [0.2, 0.25) is 15.9 Å². The smallest absolute Gasteiger partial charge is 0.293 e. The van der Waals surface area contributed by atoms with E-state index in [0.717, 1.165) is 18.9 Å². The summed E-state index contributed by atoms with van der Waals surface area (Å²) in [6.45, 7) is 3.11. The predicted octanol–water partition coefficient (Wildman–Crippen LogP) is 1.95. The van der Waals surface area contributed by atoms with Gasteiger partial charge in [-0.3, -0.25) is 14.9 Å². The number of amides is 1. The monoisotopic (exact) mass is 398 g/mol. The molecule has 1 heterocycles. The van der Waals surface area contributed by atoms with E-state index in [2.05, 4.69) is 10.6 Å². The fraction of sp³-hybridized carbons (Fsp3) is 0.588. The van der Waals surface area contributed by atoms with Gasteiger partial charge >= 0.3 is 0 Å². The number of hydrogen-bond acceptors (Lipinski definition) is 6. The van der Waals surface area contributed by atoms with Crippen molar-refractivity contribution < 1.29 is 18.1 Å². The van der Waals surface area contributed by atoms with E-state index >= 15 is 0 Å². The van der Waals surface area contributed by atoms with Gasteiger partial charge in [0.15, 0.2) is 0 Å². The third-order valence-corrected chi connectivity index (χ3v) is 6.62. The zero-order valence-corrected chi connectivity index (χ0v) is 16.4. The van der Waals surface area contributed by atoms with Crippen LogP contribution >= 0.6 is 0 Å². The number of benzene rings is 1. The molecule has 0 spiro atoms. The van der Waals surface area contributed by atoms with Gasteiger partial charge in [-0.1, -0.05) is 13.3 Å². The zero-order valence-electron chi connectivity index (χ0n) is 15.6. The largest absolute Gasteiger partial charge is 0.383 e. The lowest BCUT2D eigenvalue weighted by Crippen LogP contribution is -2.43. The molecule has 0 atom stereocenters. The lowest BCUT2D eigenvalue weighted by atomic mass is 9.97. The second-order valence-corrected chi connectivity index (χ2v) is 8.45. The van der Waals surface area contributed by atoms with Crippen molar-refractivity contribution in [2.45, 2.75) is 37.5 Å². The number of sulfonamides is 1. The van der Waals surface area contributed by atoms with Crippen LogP contribution in [0.2, 0.25) is 0 Å². The van der Waals surface area contributed by atoms with Crippen molar-refractivity contribution in [3.63, 3.8) is 0 Å². The number of anilines is 1. The van der Waals surface area contributed by atoms with Crippen LogP contribution in [0.25, 0.3) is 0 Å². The third kappa shape index (κ3) is 4.95. The van der Waals surface area contributed by atoms with Crippen LogP contribution in [0.3, 0.4) is 0 Å². The molecule has 10 heteroatoms. The van der Waals surface area contributed by atoms with Gasteiger partial charge < -0.3 is 10.6 Å². The number of carbonyl (C=O) groups excluding carboxylic acids is 1. The molecular weight excluding hydrogens is 372 g/mol. The van der Waals surface area contributed by atoms with Crippen LogP contribution in [0.1, 0.15) is 32.6 Å². The summed E-state index contributed by atoms with van der Waals surface area (Å²) in [6.07, 6.45) is 2.79. The molecular formula is C17H26N4O5S. The van der Waals surface area contributed by atoms with Crippen molar-refractivity contribution in [2.24, 2.45) is 5.92 Å². The van der Waals surface area contributed by atoms with Gasteiger partial charge in [-0.05, 0) is 31.4 Å². The molecule has 0 radical (unpaired) electrons. The number of nitrogens with zero attached hydrogens (tertiary/aromatic N) is 2. The maximum atomic E-state index is 12.8. The molecule has 1 aromatic rings. The Balaban J connectivity index is 2.08. The summed E-state index contributed by atoms with van der Waals surface area (Å²) < 4.78 is 27.0. The Labute approximate surface area is 159 Å². The molecule has 9 nitrogen and oxygen atoms in total. The highest BCUT2D eigenvalue weighted by Crippen LogP contribution is 2.30. The maximum absolute atomic E-state index is 12.8. The van der Waals surface area contributed by atoms with E-state index < -0.39 is 14.9 Å². The molecule has 1 saturated heterocycles. The van der Waals surface area contributed by atoms with Gasteiger partial charge in [-0.15, -0.1) is 0 Å². The van der Waals surface area contributed by atoms with Crippen molar-refractivity contribution in [3.8, 4) is 0 Å². The Morgan fingerprint density at radius 3 is 2.56 bits per heavy atom. The Hall–Kier alpha value is -2.20. The highest BCUT2D eigenvalue weighted by atomic mass is 32.2. The van der Waals surface area contributed by atoms with E-state index in [1.165, 1.54) is 23.5 Å². The highest BCUT2D eigenvalue weighted by Gasteiger charge is 2.33. The van der Waals surface area contributed by atoms with E-state index in [-0.39, 0.29) is 41.2 Å². The number of unbranched alkanes of at least 4 members (excludes halogenated alkanes) is 1. The third-order valence-electron chi connectivity index (χ3n) is 4.73. The minimum absolute atomic E-state index is 0.0329. The molecule has 1 fully saturated rings. The van der Waals surface area contributed by atoms with Gasteiger partial charge in [-0.2, -0.15) is 4.31 Å². The van der Waals surface area contributed by atoms with Crippen LogP contribution in [-0.4, -0.2) is 50.2 Å². The SMILES string of the molecule is CCCCNC(=O)C1CCN(S(=O)(=O)c2ccc(NC)c([N+](=O)[O-])c2)CC1. The van der Waals surface area contributed by atoms with Crippen molar-refractivity contribution in [3.05, 3.63) is 28.3 Å². The molecule has 0 bridgehead atoms. The number of nitro benzene ring substituents is 1. The zero-order chi connectivity index (χ0) is 20.0. The van der Waals surface area contributed by atoms with Crippen molar-refractivity contribution >= 4 is 27.3 Å². The Kier molecular flexibility index (Phi) is 7.14. The maximum Gasteiger partial charge on any atom is 0.293 e. The lowest BCUT2D eigenvalue weighted by molar-refractivity contribution is -0.384. The Morgan fingerprint density at radius 1 is 1.33 bits per heavy atom. The molecule has 0 saturated carbocycles. The summed E-state index contributed by atoms with van der Waals surface area (Å²) in [6, 6.07) is 3.82. The molecule has 1 aliphatic heterocycles. The molecule has 150 valence electrons. The molecule has 2 N–H and O–H groups in total. The fourth-order valence-electron chi connectivity index (χ4n) is 3.07. The average molecular weight is 398 g/mol. The average Bonchev–Trinajstić information content (AvgIpc) is 2.67. The predicted molar refractivity (Wildman–Crippen MR) is 102 cm³/mol. The second-order valence-electron chi connectivity index (χ2n) is 6.51. The second kappa shape index (κ2) is 9.14. The van der Waals surface area contributed by atoms with Crippen molar-refractivity contribution in [1.29, 1.82) is 0 Å². The van der Waals surface area contributed by atoms with Crippen LogP contribution in [0, 0.1) is 16.0 Å². The van der Waals surface area contributed by atoms with E-state index in [9.17, 15) is 23.3 Å². The normalized spacial score (nSPS) is 16.1. The van der Waals surface area contributed by atoms with Gasteiger partial charge in [0.1, 0.15) is 5.69 Å². The number of piperidine rings is 1. The molecule has 0 unspecified atom stereocenters. The van der Waals surface area contributed by atoms with Crippen LogP contribution in [0.5, 0.6) is 0 Å². The lowest BCUT2D eigenvalue weighted by Gasteiger charge is -2.30. The van der Waals surface area contributed by atoms with E-state index in [1.54, 1.807) is 0 Å². The summed E-state index contributed by atoms with van der Waals surface area (Å²) in [4.78, 5) is 22.6. The minimum Gasteiger partial charge on any atom is -0.383 e. The van der Waals surface area contributed by atoms with E-state index in [4.69, 9.17) is 0 Å². The van der Waals surface area contributed by atoms with Crippen molar-refractivity contribution in [1.82, 2.24) is 9.62 Å². The number of nitro groups is 1. The Bertz CT molecular complexity index is 789. The first kappa shape index (κ1) is 21.1. The Morgan fingerprint density at radius 2 is 2.00 bits per heavy atom. The van der Waals surface area contributed by atoms with Crippen LogP contribution in [-0.2, 0) is 14.8 Å². The van der Waals surface area contributed by atoms with E-state index in [0.29, 0.717) is 19.4 Å². The van der Waals surface area contributed by atoms with Gasteiger partial charge in [0, 0.05) is 38.7 Å². The molecule has 1 amide bonds. The van der Waals surface area contributed by atoms with Crippen LogP contribution < -0.4 is 10.6 Å². The standard InChI is InChI=1S/C17H26N4O5S/c1-3-4-9-19-17(22)13-7-10-20(11-8-13)27(25,26)14-5-6-15(18-2)16(12-14)21(23)24/h5-6,12-13,18H,3-4,7-11H2,1-2H3,(H,19,22). The van der Waals surface area contributed by atoms with Gasteiger partial charge in [0.25, 0.3) is 5.69 Å². The first-order valence-corrected chi connectivity index (χ1v) is 10.5. The van der Waals surface area contributed by atoms with E-state index in [1.807, 2.05) is 6.92 Å². The quantitative estimate of drug-likeness (QED) is 0.392. The fourth-order valence-corrected chi connectivity index (χ4v) is 4.56. The molecule has 27 heavy (non-hydrogen) atoms. The minimum atomic E-state index is -3.84. The molecule has 1 aliphatic rings. The van der Waals surface area contributed by atoms with Crippen LogP contribution in [0.4, 0.5) is 11.4 Å². The van der Waals surface area contributed by atoms with Gasteiger partial charge in [0.05, 0.1) is 9.82 Å². The molecule has 2 rings (SSSR count). The molecule has 1 aromatic carbocycles. The highest BCUT2D eigenvalue weighted by molar-refractivity contribution is 7.89. The van der Waals surface area contributed by atoms with Crippen molar-refractivity contribution in [2.75, 3.05) is 32.0 Å². The summed E-state index contributed by atoms with van der Waals surface area (Å²) in [7, 11) is -2.31. The first-order valence-electron chi connectivity index (χ1n) is 9.05. The number of rotatable bonds is 8. The number of carbonyl (C=O) groups is 1. The van der Waals surface area contributed by atoms with Crippen LogP contribution in [0.15, 0.2) is 23.1 Å². The summed E-state index contributed by atoms with van der Waals surface area (Å²) in [5.41, 5.74) is -0.0369. The summed E-state index contributed by atoms with van der Waals surface area (Å²) in [5, 5.41) is 16.7. The molecule has 0 aliphatic carbocycles. The first-order chi connectivity index (χ1) is 12.8. The topological polar surface area (TPSA) is 122 Å². The summed E-state index contributed by atoms with van der Waals surface area (Å²) in [5.74, 6) is -0.233. The number of hydrogen-bond donors (Lipinski definition) is 2. The summed E-state index contributed by atoms with van der Waals surface area (Å²) >= 11 is 0. The number of nitrogens with one attached hydrogen (secondary N) is 2. The molecule has 0 aromatic heterocycles. The van der Waals surface area contributed by atoms with Gasteiger partial charge in [-0.25, -0.2) is 8.42 Å².